The predicted octanol–water partition coefficient (Wildman–Crippen LogP) is 2.79. The molecule has 0 aromatic heterocycles. The molecule has 1 saturated heterocycles. The maximum Gasteiger partial charge on any atom is 0.128 e. The second kappa shape index (κ2) is 5.94. The number of benzene rings is 1. The lowest BCUT2D eigenvalue weighted by Crippen LogP contribution is -2.36. The summed E-state index contributed by atoms with van der Waals surface area (Å²) < 4.78 is 14.5. The average Bonchev–Trinajstić information content (AvgIpc) is 2.34. The van der Waals surface area contributed by atoms with Gasteiger partial charge in [0.05, 0.1) is 0 Å². The van der Waals surface area contributed by atoms with Crippen molar-refractivity contribution < 1.29 is 9.50 Å². The minimum Gasteiger partial charge on any atom is -0.396 e. The highest BCUT2D eigenvalue weighted by atomic mass is 79.9. The largest absolute Gasteiger partial charge is 0.396 e. The van der Waals surface area contributed by atoms with Crippen molar-refractivity contribution in [3.05, 3.63) is 34.1 Å². The van der Waals surface area contributed by atoms with Crippen LogP contribution in [0.4, 0.5) is 4.39 Å². The Morgan fingerprint density at radius 1 is 1.47 bits per heavy atom. The molecule has 1 aromatic carbocycles. The second-order valence-corrected chi connectivity index (χ2v) is 5.48. The van der Waals surface area contributed by atoms with Gasteiger partial charge in [0.15, 0.2) is 0 Å². The van der Waals surface area contributed by atoms with Crippen molar-refractivity contribution in [2.75, 3.05) is 19.7 Å². The van der Waals surface area contributed by atoms with E-state index in [1.54, 1.807) is 6.07 Å². The molecule has 1 aliphatic heterocycles. The third kappa shape index (κ3) is 3.27. The molecule has 2 rings (SSSR count). The topological polar surface area (TPSA) is 23.5 Å². The summed E-state index contributed by atoms with van der Waals surface area (Å²) in [5.74, 6) is 0.180. The lowest BCUT2D eigenvalue weighted by molar-refractivity contribution is 0.115. The van der Waals surface area contributed by atoms with Crippen LogP contribution >= 0.6 is 15.9 Å². The molecule has 1 N–H and O–H groups in total. The molecule has 0 radical (unpaired) electrons. The summed E-state index contributed by atoms with van der Waals surface area (Å²) in [6.07, 6.45) is 2.16. The van der Waals surface area contributed by atoms with Crippen molar-refractivity contribution in [3.8, 4) is 0 Å². The molecule has 1 heterocycles. The lowest BCUT2D eigenvalue weighted by atomic mass is 9.98. The Balaban J connectivity index is 2.05. The summed E-state index contributed by atoms with van der Waals surface area (Å²) in [5.41, 5.74) is 0.714. The number of aliphatic hydroxyl groups excluding tert-OH is 1. The van der Waals surface area contributed by atoms with E-state index < -0.39 is 0 Å². The molecule has 1 aliphatic rings. The number of likely N-dealkylation sites (tertiary alicyclic amines) is 1. The highest BCUT2D eigenvalue weighted by Gasteiger charge is 2.20. The number of hydrogen-bond donors (Lipinski definition) is 1. The molecule has 1 aromatic rings. The zero-order valence-corrected chi connectivity index (χ0v) is 11.3. The Bertz CT molecular complexity index is 365. The minimum atomic E-state index is -0.162. The Kier molecular flexibility index (Phi) is 4.54. The van der Waals surface area contributed by atoms with E-state index >= 15 is 0 Å². The summed E-state index contributed by atoms with van der Waals surface area (Å²) >= 11 is 3.39. The highest BCUT2D eigenvalue weighted by molar-refractivity contribution is 9.10. The molecule has 0 spiro atoms. The van der Waals surface area contributed by atoms with Crippen molar-refractivity contribution >= 4 is 15.9 Å². The average molecular weight is 302 g/mol. The van der Waals surface area contributed by atoms with Crippen LogP contribution in [0.2, 0.25) is 0 Å². The molecule has 0 amide bonds. The van der Waals surface area contributed by atoms with Gasteiger partial charge in [0.25, 0.3) is 0 Å². The van der Waals surface area contributed by atoms with E-state index in [0.29, 0.717) is 18.0 Å². The van der Waals surface area contributed by atoms with Crippen LogP contribution in [0.25, 0.3) is 0 Å². The summed E-state index contributed by atoms with van der Waals surface area (Å²) in [6, 6.07) is 5.06. The number of rotatable bonds is 3. The molecule has 1 unspecified atom stereocenters. The molecule has 0 saturated carbocycles. The zero-order chi connectivity index (χ0) is 12.3. The Hall–Kier alpha value is -0.450. The zero-order valence-electron chi connectivity index (χ0n) is 9.70. The van der Waals surface area contributed by atoms with Gasteiger partial charge in [-0.25, -0.2) is 4.39 Å². The van der Waals surface area contributed by atoms with E-state index in [2.05, 4.69) is 20.8 Å². The Labute approximate surface area is 110 Å². The van der Waals surface area contributed by atoms with Crippen LogP contribution in [0.1, 0.15) is 18.4 Å². The van der Waals surface area contributed by atoms with E-state index in [-0.39, 0.29) is 12.4 Å². The van der Waals surface area contributed by atoms with Crippen LogP contribution in [-0.2, 0) is 6.54 Å². The minimum absolute atomic E-state index is 0.162. The molecule has 0 aliphatic carbocycles. The highest BCUT2D eigenvalue weighted by Crippen LogP contribution is 2.24. The van der Waals surface area contributed by atoms with Gasteiger partial charge in [-0.15, -0.1) is 0 Å². The number of piperidine rings is 1. The summed E-state index contributed by atoms with van der Waals surface area (Å²) in [5, 5.41) is 9.17. The number of nitrogens with zero attached hydrogens (tertiary/aromatic N) is 1. The predicted molar refractivity (Wildman–Crippen MR) is 69.2 cm³/mol. The second-order valence-electron chi connectivity index (χ2n) is 4.63. The Morgan fingerprint density at radius 3 is 3.00 bits per heavy atom. The molecule has 94 valence electrons. The van der Waals surface area contributed by atoms with E-state index in [1.165, 1.54) is 6.07 Å². The van der Waals surface area contributed by atoms with Crippen molar-refractivity contribution in [3.63, 3.8) is 0 Å². The van der Waals surface area contributed by atoms with Crippen LogP contribution in [0.5, 0.6) is 0 Å². The fourth-order valence-electron chi connectivity index (χ4n) is 2.35. The lowest BCUT2D eigenvalue weighted by Gasteiger charge is -2.32. The van der Waals surface area contributed by atoms with E-state index in [1.807, 2.05) is 6.07 Å². The van der Waals surface area contributed by atoms with Gasteiger partial charge in [-0.3, -0.25) is 4.90 Å². The maximum atomic E-state index is 13.7. The summed E-state index contributed by atoms with van der Waals surface area (Å²) in [7, 11) is 0. The van der Waals surface area contributed by atoms with Crippen molar-refractivity contribution in [2.45, 2.75) is 19.4 Å². The monoisotopic (exact) mass is 301 g/mol. The number of hydrogen-bond acceptors (Lipinski definition) is 2. The quantitative estimate of drug-likeness (QED) is 0.928. The van der Waals surface area contributed by atoms with Gasteiger partial charge in [0.1, 0.15) is 5.82 Å². The smallest absolute Gasteiger partial charge is 0.128 e. The summed E-state index contributed by atoms with van der Waals surface area (Å²) in [4.78, 5) is 2.22. The van der Waals surface area contributed by atoms with Gasteiger partial charge in [-0.05, 0) is 37.4 Å². The van der Waals surface area contributed by atoms with E-state index in [4.69, 9.17) is 0 Å². The first-order chi connectivity index (χ1) is 8.20. The van der Waals surface area contributed by atoms with Crippen LogP contribution in [0.3, 0.4) is 0 Å². The third-order valence-electron chi connectivity index (χ3n) is 3.30. The van der Waals surface area contributed by atoms with Gasteiger partial charge in [-0.1, -0.05) is 22.0 Å². The standard InChI is InChI=1S/C13H17BrFNO/c14-12-4-1-5-13(15)11(12)8-16-6-2-3-10(7-16)9-17/h1,4-5,10,17H,2-3,6-9H2. The Morgan fingerprint density at radius 2 is 2.29 bits per heavy atom. The van der Waals surface area contributed by atoms with Gasteiger partial charge in [0, 0.05) is 29.7 Å². The third-order valence-corrected chi connectivity index (χ3v) is 4.05. The molecule has 17 heavy (non-hydrogen) atoms. The van der Waals surface area contributed by atoms with Gasteiger partial charge < -0.3 is 5.11 Å². The van der Waals surface area contributed by atoms with Crippen molar-refractivity contribution in [2.24, 2.45) is 5.92 Å². The van der Waals surface area contributed by atoms with Gasteiger partial charge >= 0.3 is 0 Å². The first-order valence-electron chi connectivity index (χ1n) is 5.97. The molecular formula is C13H17BrFNO. The fourth-order valence-corrected chi connectivity index (χ4v) is 2.82. The van der Waals surface area contributed by atoms with E-state index in [9.17, 15) is 9.50 Å². The van der Waals surface area contributed by atoms with Crippen molar-refractivity contribution in [1.82, 2.24) is 4.90 Å². The fraction of sp³-hybridized carbons (Fsp3) is 0.538. The first kappa shape index (κ1) is 13.0. The van der Waals surface area contributed by atoms with Gasteiger partial charge in [0.2, 0.25) is 0 Å². The molecule has 1 atom stereocenters. The summed E-state index contributed by atoms with van der Waals surface area (Å²) in [6.45, 7) is 2.69. The first-order valence-corrected chi connectivity index (χ1v) is 6.76. The van der Waals surface area contributed by atoms with Crippen LogP contribution in [-0.4, -0.2) is 29.7 Å². The SMILES string of the molecule is OCC1CCCN(Cc2c(F)cccc2Br)C1. The number of halogens is 2. The molecule has 4 heteroatoms. The van der Waals surface area contributed by atoms with Crippen LogP contribution in [0.15, 0.2) is 22.7 Å². The number of aliphatic hydroxyl groups is 1. The van der Waals surface area contributed by atoms with E-state index in [0.717, 1.165) is 30.4 Å². The van der Waals surface area contributed by atoms with Crippen LogP contribution in [0, 0.1) is 11.7 Å². The molecular weight excluding hydrogens is 285 g/mol. The maximum absolute atomic E-state index is 13.7. The molecule has 2 nitrogen and oxygen atoms in total. The van der Waals surface area contributed by atoms with Crippen LogP contribution < -0.4 is 0 Å². The molecule has 1 fully saturated rings. The molecule has 0 bridgehead atoms. The normalized spacial score (nSPS) is 21.7. The van der Waals surface area contributed by atoms with Crippen molar-refractivity contribution in [1.29, 1.82) is 0 Å². The van der Waals surface area contributed by atoms with Gasteiger partial charge in [-0.2, -0.15) is 0 Å².